The van der Waals surface area contributed by atoms with Gasteiger partial charge in [-0.3, -0.25) is 4.98 Å². The summed E-state index contributed by atoms with van der Waals surface area (Å²) in [7, 11) is 0. The van der Waals surface area contributed by atoms with Crippen molar-refractivity contribution in [2.45, 2.75) is 47.5 Å². The van der Waals surface area contributed by atoms with Crippen molar-refractivity contribution in [2.75, 3.05) is 0 Å². The Bertz CT molecular complexity index is 1330. The van der Waals surface area contributed by atoms with Crippen LogP contribution in [0.15, 0.2) is 48.7 Å². The smallest absolute Gasteiger partial charge is 0.140 e. The number of aromatic nitrogens is 1. The minimum absolute atomic E-state index is 0.121. The van der Waals surface area contributed by atoms with E-state index in [1.807, 2.05) is 24.4 Å². The number of nitrogens with zero attached hydrogens (tertiary/aromatic N) is 1. The Morgan fingerprint density at radius 2 is 1.81 bits per heavy atom. The summed E-state index contributed by atoms with van der Waals surface area (Å²) >= 11 is 6.41. The van der Waals surface area contributed by atoms with Crippen LogP contribution in [0.5, 0.6) is 11.5 Å². The summed E-state index contributed by atoms with van der Waals surface area (Å²) in [6, 6.07) is 15.1. The van der Waals surface area contributed by atoms with Gasteiger partial charge in [-0.2, -0.15) is 0 Å². The summed E-state index contributed by atoms with van der Waals surface area (Å²) in [6.45, 7) is 11.4. The van der Waals surface area contributed by atoms with Gasteiger partial charge >= 0.3 is 0 Å². The van der Waals surface area contributed by atoms with Crippen molar-refractivity contribution in [1.29, 1.82) is 0 Å². The van der Waals surface area contributed by atoms with Crippen LogP contribution in [0.4, 0.5) is 0 Å². The van der Waals surface area contributed by atoms with Crippen LogP contribution in [0.25, 0.3) is 32.8 Å². The van der Waals surface area contributed by atoms with E-state index in [4.69, 9.17) is 21.3 Å². The molecule has 0 unspecified atom stereocenters. The van der Waals surface area contributed by atoms with E-state index in [2.05, 4.69) is 58.9 Å². The maximum Gasteiger partial charge on any atom is 0.140 e. The quantitative estimate of drug-likeness (QED) is 0.286. The average Bonchev–Trinajstić information content (AvgIpc) is 2.67. The van der Waals surface area contributed by atoms with Crippen LogP contribution in [0.3, 0.4) is 0 Å². The van der Waals surface area contributed by atoms with Crippen LogP contribution in [-0.2, 0) is 12.8 Å². The van der Waals surface area contributed by atoms with Gasteiger partial charge in [0.2, 0.25) is 0 Å². The van der Waals surface area contributed by atoms with Gasteiger partial charge in [0.25, 0.3) is 0 Å². The lowest BCUT2D eigenvalue weighted by atomic mass is 9.83. The molecule has 0 saturated carbocycles. The molecule has 158 valence electrons. The first kappa shape index (κ1) is 20.3. The van der Waals surface area contributed by atoms with E-state index in [1.165, 1.54) is 21.9 Å². The third kappa shape index (κ3) is 3.68. The third-order valence-electron chi connectivity index (χ3n) is 5.87. The van der Waals surface area contributed by atoms with E-state index in [9.17, 15) is 0 Å². The van der Waals surface area contributed by atoms with Gasteiger partial charge in [-0.15, -0.1) is 0 Å². The Labute approximate surface area is 189 Å². The van der Waals surface area contributed by atoms with E-state index >= 15 is 0 Å². The molecule has 4 aromatic rings. The van der Waals surface area contributed by atoms with E-state index < -0.39 is 0 Å². The minimum Gasteiger partial charge on any atom is -0.456 e. The number of hydrogen-bond donors (Lipinski definition) is 0. The van der Waals surface area contributed by atoms with Gasteiger partial charge in [-0.25, -0.2) is 0 Å². The number of rotatable bonds is 3. The molecule has 0 spiro atoms. The first-order chi connectivity index (χ1) is 14.7. The topological polar surface area (TPSA) is 22.1 Å². The zero-order valence-electron chi connectivity index (χ0n) is 18.8. The molecule has 0 fully saturated rings. The fraction of sp³-hybridized carbons (Fsp3) is 0.321. The molecular formula is C28H28ClNO. The van der Waals surface area contributed by atoms with Gasteiger partial charge in [-0.05, 0) is 64.1 Å². The van der Waals surface area contributed by atoms with Gasteiger partial charge in [0.1, 0.15) is 11.5 Å². The fourth-order valence-electron chi connectivity index (χ4n) is 4.75. The number of ether oxygens (including phenoxy) is 1. The summed E-state index contributed by atoms with van der Waals surface area (Å²) in [5.41, 5.74) is 4.81. The van der Waals surface area contributed by atoms with Crippen molar-refractivity contribution in [1.82, 2.24) is 4.98 Å². The van der Waals surface area contributed by atoms with Crippen molar-refractivity contribution < 1.29 is 4.74 Å². The van der Waals surface area contributed by atoms with Crippen molar-refractivity contribution in [3.8, 4) is 22.8 Å². The number of pyridine rings is 1. The molecule has 2 heterocycles. The predicted octanol–water partition coefficient (Wildman–Crippen LogP) is 8.60. The molecule has 1 aliphatic rings. The van der Waals surface area contributed by atoms with Crippen molar-refractivity contribution in [3.63, 3.8) is 0 Å². The summed E-state index contributed by atoms with van der Waals surface area (Å²) in [4.78, 5) is 4.80. The van der Waals surface area contributed by atoms with Gasteiger partial charge in [-0.1, -0.05) is 64.4 Å². The summed E-state index contributed by atoms with van der Waals surface area (Å²) < 4.78 is 6.59. The van der Waals surface area contributed by atoms with E-state index in [0.29, 0.717) is 10.9 Å². The van der Waals surface area contributed by atoms with Crippen LogP contribution >= 0.6 is 11.6 Å². The van der Waals surface area contributed by atoms with Gasteiger partial charge in [0.15, 0.2) is 0 Å². The molecular weight excluding hydrogens is 402 g/mol. The van der Waals surface area contributed by atoms with E-state index in [-0.39, 0.29) is 5.41 Å². The van der Waals surface area contributed by atoms with E-state index in [1.54, 1.807) is 0 Å². The highest BCUT2D eigenvalue weighted by atomic mass is 35.5. The van der Waals surface area contributed by atoms with Gasteiger partial charge < -0.3 is 4.74 Å². The molecule has 5 rings (SSSR count). The lowest BCUT2D eigenvalue weighted by Gasteiger charge is -2.27. The van der Waals surface area contributed by atoms with Gasteiger partial charge in [0.05, 0.1) is 11.1 Å². The molecule has 0 aliphatic carbocycles. The van der Waals surface area contributed by atoms with Crippen LogP contribution in [0.1, 0.15) is 45.7 Å². The van der Waals surface area contributed by atoms with Crippen molar-refractivity contribution in [3.05, 3.63) is 64.8 Å². The van der Waals surface area contributed by atoms with Crippen molar-refractivity contribution >= 4 is 33.1 Å². The molecule has 0 N–H and O–H groups in total. The maximum absolute atomic E-state index is 6.59. The Balaban J connectivity index is 1.84. The van der Waals surface area contributed by atoms with Crippen LogP contribution in [0.2, 0.25) is 5.02 Å². The number of hydrogen-bond acceptors (Lipinski definition) is 2. The Kier molecular flexibility index (Phi) is 4.75. The molecule has 0 radical (unpaired) electrons. The monoisotopic (exact) mass is 429 g/mol. The molecule has 31 heavy (non-hydrogen) atoms. The molecule has 3 heteroatoms. The summed E-state index contributed by atoms with van der Waals surface area (Å²) in [6.07, 6.45) is 3.87. The first-order valence-electron chi connectivity index (χ1n) is 11.0. The molecule has 0 saturated heterocycles. The maximum atomic E-state index is 6.59. The van der Waals surface area contributed by atoms with E-state index in [0.717, 1.165) is 46.4 Å². The minimum atomic E-state index is 0.121. The van der Waals surface area contributed by atoms with Crippen molar-refractivity contribution in [2.24, 2.45) is 11.3 Å². The summed E-state index contributed by atoms with van der Waals surface area (Å²) in [5.74, 6) is 2.34. The first-order valence-corrected chi connectivity index (χ1v) is 11.4. The standard InChI is InChI=1S/C28H28ClNO/c1-16(2)10-17-6-7-21-19(11-17)13-22-26-25-18(8-9-30-26)12-20(29)14-24(25)31-27(22)23(21)15-28(3,4)5/h6-9,11-14,16H,10,15H2,1-5H3. The zero-order chi connectivity index (χ0) is 21.9. The van der Waals surface area contributed by atoms with Crippen LogP contribution in [0, 0.1) is 11.3 Å². The highest BCUT2D eigenvalue weighted by Crippen LogP contribution is 2.50. The lowest BCUT2D eigenvalue weighted by Crippen LogP contribution is -2.12. The van der Waals surface area contributed by atoms with Gasteiger partial charge in [0, 0.05) is 28.4 Å². The highest BCUT2D eigenvalue weighted by Gasteiger charge is 2.28. The molecule has 1 aliphatic heterocycles. The SMILES string of the molecule is CC(C)Cc1ccc2c(CC(C)(C)C)c3c(cc2c1)-c1nccc2cc(Cl)cc(c12)O3. The Morgan fingerprint density at radius 1 is 1.00 bits per heavy atom. The number of benzene rings is 3. The second-order valence-electron chi connectivity index (χ2n) is 10.4. The normalized spacial score (nSPS) is 13.0. The second kappa shape index (κ2) is 7.24. The van der Waals surface area contributed by atoms with Crippen LogP contribution < -0.4 is 4.74 Å². The Hall–Kier alpha value is -2.58. The zero-order valence-corrected chi connectivity index (χ0v) is 19.6. The third-order valence-corrected chi connectivity index (χ3v) is 6.09. The fourth-order valence-corrected chi connectivity index (χ4v) is 4.96. The second-order valence-corrected chi connectivity index (χ2v) is 10.8. The lowest BCUT2D eigenvalue weighted by molar-refractivity contribution is 0.400. The van der Waals surface area contributed by atoms with Crippen LogP contribution in [-0.4, -0.2) is 4.98 Å². The predicted molar refractivity (Wildman–Crippen MR) is 131 cm³/mol. The summed E-state index contributed by atoms with van der Waals surface area (Å²) in [5, 5.41) is 5.30. The molecule has 3 aromatic carbocycles. The number of fused-ring (bicyclic) bond motifs is 3. The molecule has 0 atom stereocenters. The average molecular weight is 430 g/mol. The highest BCUT2D eigenvalue weighted by molar-refractivity contribution is 6.32. The molecule has 0 amide bonds. The largest absolute Gasteiger partial charge is 0.456 e. The molecule has 0 bridgehead atoms. The molecule has 2 nitrogen and oxygen atoms in total. The Morgan fingerprint density at radius 3 is 2.55 bits per heavy atom. The number of halogens is 1. The molecule has 1 aromatic heterocycles.